The summed E-state index contributed by atoms with van der Waals surface area (Å²) in [5.41, 5.74) is 7.48. The van der Waals surface area contributed by atoms with Gasteiger partial charge in [-0.15, -0.1) is 0 Å². The minimum atomic E-state index is -0.977. The van der Waals surface area contributed by atoms with Crippen molar-refractivity contribution in [2.45, 2.75) is 72.8 Å². The molecule has 4 atom stereocenters. The maximum atomic E-state index is 12.4. The second kappa shape index (κ2) is 9.25. The summed E-state index contributed by atoms with van der Waals surface area (Å²) in [4.78, 5) is 38.8. The maximum absolute atomic E-state index is 12.4. The van der Waals surface area contributed by atoms with Crippen molar-refractivity contribution in [3.8, 4) is 0 Å². The lowest BCUT2D eigenvalue weighted by atomic mass is 9.93. The van der Waals surface area contributed by atoms with Gasteiger partial charge in [0.15, 0.2) is 0 Å². The third-order valence-electron chi connectivity index (χ3n) is 4.02. The molecule has 0 spiro atoms. The van der Waals surface area contributed by atoms with E-state index in [9.17, 15) is 14.4 Å². The fourth-order valence-electron chi connectivity index (χ4n) is 2.43. The zero-order valence-electron chi connectivity index (χ0n) is 17.5. The predicted octanol–water partition coefficient (Wildman–Crippen LogP) is 2.12. The summed E-state index contributed by atoms with van der Waals surface area (Å²) in [6.07, 6.45) is -1.77. The van der Waals surface area contributed by atoms with E-state index in [-0.39, 0.29) is 19.1 Å². The molecule has 0 unspecified atom stereocenters. The Hall–Kier alpha value is -2.32. The summed E-state index contributed by atoms with van der Waals surface area (Å²) < 4.78 is 16.6. The van der Waals surface area contributed by atoms with Crippen LogP contribution in [0.5, 0.6) is 0 Å². The van der Waals surface area contributed by atoms with E-state index in [1.54, 1.807) is 41.5 Å². The van der Waals surface area contributed by atoms with Gasteiger partial charge in [-0.3, -0.25) is 14.4 Å². The summed E-state index contributed by atoms with van der Waals surface area (Å²) in [5, 5.41) is 6.37. The quantitative estimate of drug-likeness (QED) is 0.325. The number of ether oxygens (including phenoxy) is 3. The highest BCUT2D eigenvalue weighted by Gasteiger charge is 2.45. The molecule has 1 N–H and O–H groups in total. The van der Waals surface area contributed by atoms with Crippen molar-refractivity contribution < 1.29 is 28.6 Å². The van der Waals surface area contributed by atoms with Crippen molar-refractivity contribution in [3.05, 3.63) is 10.4 Å². The van der Waals surface area contributed by atoms with Gasteiger partial charge in [-0.05, 0) is 47.1 Å². The average Bonchev–Trinajstić information content (AvgIpc) is 2.54. The molecule has 1 fully saturated rings. The van der Waals surface area contributed by atoms with Crippen LogP contribution < -0.4 is 5.32 Å². The summed E-state index contributed by atoms with van der Waals surface area (Å²) >= 11 is 0. The number of azide groups is 1. The van der Waals surface area contributed by atoms with E-state index in [0.29, 0.717) is 0 Å². The largest absolute Gasteiger partial charge is 0.463 e. The molecule has 1 saturated heterocycles. The topological polar surface area (TPSA) is 140 Å². The molecule has 0 saturated carbocycles. The number of nitrogens with one attached hydrogen (secondary N) is 1. The lowest BCUT2D eigenvalue weighted by Gasteiger charge is -2.41. The molecular formula is C18H30N4O6. The van der Waals surface area contributed by atoms with E-state index in [1.165, 1.54) is 6.92 Å². The predicted molar refractivity (Wildman–Crippen MR) is 100 cm³/mol. The number of hydrogen-bond acceptors (Lipinski definition) is 7. The summed E-state index contributed by atoms with van der Waals surface area (Å²) in [7, 11) is 0. The number of rotatable bonds is 5. The Balaban J connectivity index is 3.08. The van der Waals surface area contributed by atoms with Crippen molar-refractivity contribution in [2.24, 2.45) is 15.9 Å². The van der Waals surface area contributed by atoms with Crippen LogP contribution in [-0.2, 0) is 28.6 Å². The van der Waals surface area contributed by atoms with E-state index >= 15 is 0 Å². The Morgan fingerprint density at radius 1 is 1.14 bits per heavy atom. The molecule has 1 rings (SSSR count). The highest BCUT2D eigenvalue weighted by molar-refractivity contribution is 5.76. The second-order valence-electron chi connectivity index (χ2n) is 8.84. The van der Waals surface area contributed by atoms with Gasteiger partial charge in [0.25, 0.3) is 0 Å². The first-order valence-electron chi connectivity index (χ1n) is 9.08. The minimum absolute atomic E-state index is 0.0108. The number of amides is 1. The highest BCUT2D eigenvalue weighted by atomic mass is 16.6. The van der Waals surface area contributed by atoms with Gasteiger partial charge in [0.1, 0.15) is 24.9 Å². The first-order chi connectivity index (χ1) is 12.8. The van der Waals surface area contributed by atoms with Crippen LogP contribution in [-0.4, -0.2) is 55.4 Å². The van der Waals surface area contributed by atoms with E-state index in [4.69, 9.17) is 19.7 Å². The fourth-order valence-corrected chi connectivity index (χ4v) is 2.43. The summed E-state index contributed by atoms with van der Waals surface area (Å²) in [6, 6.07) is -1.68. The summed E-state index contributed by atoms with van der Waals surface area (Å²) in [5.74, 6) is -1.30. The van der Waals surface area contributed by atoms with E-state index in [2.05, 4.69) is 15.3 Å². The van der Waals surface area contributed by atoms with Crippen molar-refractivity contribution in [2.75, 3.05) is 13.2 Å². The molecular weight excluding hydrogens is 368 g/mol. The zero-order chi connectivity index (χ0) is 21.7. The molecule has 0 radical (unpaired) electrons. The summed E-state index contributed by atoms with van der Waals surface area (Å²) in [6.45, 7) is 11.4. The third kappa shape index (κ3) is 6.69. The lowest BCUT2D eigenvalue weighted by Crippen LogP contribution is -2.61. The van der Waals surface area contributed by atoms with Gasteiger partial charge < -0.3 is 19.5 Å². The number of nitrogens with zero attached hydrogens (tertiary/aromatic N) is 3. The van der Waals surface area contributed by atoms with Gasteiger partial charge in [-0.2, -0.15) is 0 Å². The maximum Gasteiger partial charge on any atom is 0.311 e. The van der Waals surface area contributed by atoms with Crippen LogP contribution >= 0.6 is 0 Å². The molecule has 10 heteroatoms. The Morgan fingerprint density at radius 3 is 2.18 bits per heavy atom. The van der Waals surface area contributed by atoms with Gasteiger partial charge in [0.05, 0.1) is 23.5 Å². The molecule has 0 aromatic carbocycles. The average molecular weight is 398 g/mol. The van der Waals surface area contributed by atoms with Crippen LogP contribution in [0.25, 0.3) is 10.4 Å². The molecule has 1 amide bonds. The molecule has 0 bridgehead atoms. The van der Waals surface area contributed by atoms with Gasteiger partial charge >= 0.3 is 11.9 Å². The smallest absolute Gasteiger partial charge is 0.311 e. The van der Waals surface area contributed by atoms with Crippen LogP contribution in [0, 0.1) is 10.8 Å². The molecule has 158 valence electrons. The molecule has 1 aliphatic rings. The molecule has 0 aliphatic carbocycles. The highest BCUT2D eigenvalue weighted by Crippen LogP contribution is 2.26. The van der Waals surface area contributed by atoms with Gasteiger partial charge in [0, 0.05) is 11.8 Å². The van der Waals surface area contributed by atoms with Crippen molar-refractivity contribution in [1.82, 2.24) is 5.32 Å². The second-order valence-corrected chi connectivity index (χ2v) is 8.84. The van der Waals surface area contributed by atoms with E-state index in [1.807, 2.05) is 0 Å². The lowest BCUT2D eigenvalue weighted by molar-refractivity contribution is -0.179. The molecule has 0 aromatic heterocycles. The third-order valence-corrected chi connectivity index (χ3v) is 4.02. The van der Waals surface area contributed by atoms with Crippen molar-refractivity contribution >= 4 is 17.8 Å². The fraction of sp³-hybridized carbons (Fsp3) is 0.833. The van der Waals surface area contributed by atoms with E-state index in [0.717, 1.165) is 0 Å². The Labute approximate surface area is 164 Å². The standard InChI is InChI=1S/C18H30N4O6/c1-10(23)20-11-8-26-12(9-27-15(24)17(2,3)4)13(21-22-19)14(11)28-16(25)18(5,6)7/h11-14H,8-9H2,1-7H3,(H,20,23)/t11-,12+,13-,14+/m0/s1. The minimum Gasteiger partial charge on any atom is -0.463 e. The number of carbonyl (C=O) groups excluding carboxylic acids is 3. The SMILES string of the molecule is CC(=O)N[C@H]1CO[C@H](COC(=O)C(C)(C)C)[C@H](N=[N+]=[N-])[C@@H]1OC(=O)C(C)(C)C. The van der Waals surface area contributed by atoms with Gasteiger partial charge in [-0.25, -0.2) is 0 Å². The Morgan fingerprint density at radius 2 is 1.71 bits per heavy atom. The molecule has 10 nitrogen and oxygen atoms in total. The monoisotopic (exact) mass is 398 g/mol. The number of hydrogen-bond donors (Lipinski definition) is 1. The number of esters is 2. The van der Waals surface area contributed by atoms with Crippen molar-refractivity contribution in [1.29, 1.82) is 0 Å². The van der Waals surface area contributed by atoms with Crippen LogP contribution in [0.3, 0.4) is 0 Å². The van der Waals surface area contributed by atoms with Gasteiger partial charge in [-0.1, -0.05) is 5.11 Å². The van der Waals surface area contributed by atoms with Crippen molar-refractivity contribution in [3.63, 3.8) is 0 Å². The van der Waals surface area contributed by atoms with Crippen LogP contribution in [0.15, 0.2) is 5.11 Å². The molecule has 0 aromatic rings. The first-order valence-corrected chi connectivity index (χ1v) is 9.08. The van der Waals surface area contributed by atoms with E-state index < -0.39 is 47.1 Å². The van der Waals surface area contributed by atoms with Crippen LogP contribution in [0.4, 0.5) is 0 Å². The number of carbonyl (C=O) groups is 3. The Kier molecular flexibility index (Phi) is 7.84. The Bertz CT molecular complexity index is 645. The molecule has 28 heavy (non-hydrogen) atoms. The molecule has 1 heterocycles. The first kappa shape index (κ1) is 23.7. The molecule has 1 aliphatic heterocycles. The normalized spacial score (nSPS) is 25.2. The van der Waals surface area contributed by atoms with Gasteiger partial charge in [0.2, 0.25) is 5.91 Å². The zero-order valence-corrected chi connectivity index (χ0v) is 17.5. The van der Waals surface area contributed by atoms with Crippen LogP contribution in [0.1, 0.15) is 48.5 Å². The van der Waals surface area contributed by atoms with Crippen LogP contribution in [0.2, 0.25) is 0 Å².